The van der Waals surface area contributed by atoms with Crippen LogP contribution in [0.4, 0.5) is 0 Å². The molecule has 2 atom stereocenters. The fourth-order valence-corrected chi connectivity index (χ4v) is 3.11. The molecule has 0 aromatic heterocycles. The number of likely N-dealkylation sites (N-methyl/N-ethyl adjacent to an activating group) is 2. The monoisotopic (exact) mass is 255 g/mol. The molecule has 0 saturated carbocycles. The van der Waals surface area contributed by atoms with Crippen molar-refractivity contribution in [1.29, 1.82) is 0 Å². The van der Waals surface area contributed by atoms with E-state index in [0.717, 1.165) is 18.5 Å². The summed E-state index contributed by atoms with van der Waals surface area (Å²) in [6.45, 7) is 10.5. The van der Waals surface area contributed by atoms with E-state index >= 15 is 0 Å². The molecule has 1 aliphatic rings. The van der Waals surface area contributed by atoms with Gasteiger partial charge in [0.15, 0.2) is 0 Å². The maximum absolute atomic E-state index is 5.58. The largest absolute Gasteiger partial charge is 0.330 e. The lowest BCUT2D eigenvalue weighted by Crippen LogP contribution is -2.39. The Morgan fingerprint density at radius 2 is 2.17 bits per heavy atom. The lowest BCUT2D eigenvalue weighted by atomic mass is 10.0. The minimum Gasteiger partial charge on any atom is -0.330 e. The fourth-order valence-electron chi connectivity index (χ4n) is 3.11. The highest BCUT2D eigenvalue weighted by atomic mass is 15.2. The van der Waals surface area contributed by atoms with Crippen LogP contribution >= 0.6 is 0 Å². The Bertz CT molecular complexity index is 208. The second-order valence-electron chi connectivity index (χ2n) is 6.01. The van der Waals surface area contributed by atoms with Crippen LogP contribution in [-0.2, 0) is 0 Å². The molecule has 3 nitrogen and oxygen atoms in total. The topological polar surface area (TPSA) is 32.5 Å². The van der Waals surface area contributed by atoms with E-state index in [1.54, 1.807) is 0 Å². The number of hydrogen-bond donors (Lipinski definition) is 1. The number of nitrogens with zero attached hydrogens (tertiary/aromatic N) is 2. The third-order valence-corrected chi connectivity index (χ3v) is 4.32. The zero-order chi connectivity index (χ0) is 13.4. The highest BCUT2D eigenvalue weighted by Gasteiger charge is 2.23. The quantitative estimate of drug-likeness (QED) is 0.685. The summed E-state index contributed by atoms with van der Waals surface area (Å²) in [4.78, 5) is 5.15. The molecular weight excluding hydrogens is 222 g/mol. The van der Waals surface area contributed by atoms with Gasteiger partial charge < -0.3 is 10.6 Å². The Morgan fingerprint density at radius 3 is 2.83 bits per heavy atom. The molecule has 0 aromatic carbocycles. The molecule has 3 heteroatoms. The van der Waals surface area contributed by atoms with Crippen molar-refractivity contribution in [2.75, 3.05) is 39.8 Å². The Hall–Kier alpha value is -0.120. The first-order valence-corrected chi connectivity index (χ1v) is 7.80. The molecule has 0 bridgehead atoms. The van der Waals surface area contributed by atoms with E-state index in [9.17, 15) is 0 Å². The van der Waals surface area contributed by atoms with Crippen molar-refractivity contribution in [3.8, 4) is 0 Å². The maximum Gasteiger partial charge on any atom is 0.0223 e. The molecule has 2 N–H and O–H groups in total. The van der Waals surface area contributed by atoms with Crippen molar-refractivity contribution in [2.45, 2.75) is 52.0 Å². The minimum absolute atomic E-state index is 0.794. The van der Waals surface area contributed by atoms with Gasteiger partial charge in [0.05, 0.1) is 0 Å². The van der Waals surface area contributed by atoms with Gasteiger partial charge in [-0.3, -0.25) is 4.90 Å². The molecule has 0 aromatic rings. The van der Waals surface area contributed by atoms with Crippen LogP contribution in [0.15, 0.2) is 0 Å². The number of nitrogens with two attached hydrogens (primary N) is 1. The van der Waals surface area contributed by atoms with Gasteiger partial charge in [-0.1, -0.05) is 13.8 Å². The molecule has 2 unspecified atom stereocenters. The molecule has 0 spiro atoms. The molecule has 0 radical (unpaired) electrons. The zero-order valence-electron chi connectivity index (χ0n) is 12.7. The molecule has 0 aliphatic carbocycles. The molecule has 0 amide bonds. The van der Waals surface area contributed by atoms with Crippen molar-refractivity contribution in [1.82, 2.24) is 9.80 Å². The predicted octanol–water partition coefficient (Wildman–Crippen LogP) is 2.17. The summed E-state index contributed by atoms with van der Waals surface area (Å²) in [5.74, 6) is 0.794. The molecule has 18 heavy (non-hydrogen) atoms. The molecule has 1 rings (SSSR count). The van der Waals surface area contributed by atoms with Gasteiger partial charge in [-0.25, -0.2) is 0 Å². The third kappa shape index (κ3) is 5.68. The lowest BCUT2D eigenvalue weighted by Gasteiger charge is -2.27. The van der Waals surface area contributed by atoms with Gasteiger partial charge in [0.2, 0.25) is 0 Å². The predicted molar refractivity (Wildman–Crippen MR) is 79.8 cm³/mol. The van der Waals surface area contributed by atoms with Gasteiger partial charge in [-0.15, -0.1) is 0 Å². The summed E-state index contributed by atoms with van der Waals surface area (Å²) in [5.41, 5.74) is 5.58. The van der Waals surface area contributed by atoms with Crippen LogP contribution in [-0.4, -0.2) is 55.6 Å². The Morgan fingerprint density at radius 1 is 1.39 bits per heavy atom. The number of likely N-dealkylation sites (tertiary alicyclic amines) is 1. The van der Waals surface area contributed by atoms with Crippen molar-refractivity contribution < 1.29 is 0 Å². The van der Waals surface area contributed by atoms with E-state index in [2.05, 4.69) is 30.7 Å². The zero-order valence-corrected chi connectivity index (χ0v) is 12.7. The maximum atomic E-state index is 5.58. The number of rotatable bonds is 9. The number of hydrogen-bond acceptors (Lipinski definition) is 3. The van der Waals surface area contributed by atoms with Gasteiger partial charge in [-0.2, -0.15) is 0 Å². The summed E-state index contributed by atoms with van der Waals surface area (Å²) in [5, 5.41) is 0. The molecule has 1 aliphatic heterocycles. The van der Waals surface area contributed by atoms with Crippen LogP contribution in [0.5, 0.6) is 0 Å². The van der Waals surface area contributed by atoms with Crippen molar-refractivity contribution in [3.63, 3.8) is 0 Å². The first-order valence-electron chi connectivity index (χ1n) is 7.80. The van der Waals surface area contributed by atoms with Crippen LogP contribution in [0.3, 0.4) is 0 Å². The fraction of sp³-hybridized carbons (Fsp3) is 1.00. The van der Waals surface area contributed by atoms with E-state index in [-0.39, 0.29) is 0 Å². The second kappa shape index (κ2) is 8.89. The van der Waals surface area contributed by atoms with Crippen molar-refractivity contribution in [3.05, 3.63) is 0 Å². The first-order chi connectivity index (χ1) is 8.67. The summed E-state index contributed by atoms with van der Waals surface area (Å²) in [6, 6.07) is 0.807. The van der Waals surface area contributed by atoms with Gasteiger partial charge in [0.1, 0.15) is 0 Å². The molecule has 1 fully saturated rings. The lowest BCUT2D eigenvalue weighted by molar-refractivity contribution is 0.195. The van der Waals surface area contributed by atoms with Crippen LogP contribution in [0, 0.1) is 5.92 Å². The van der Waals surface area contributed by atoms with Gasteiger partial charge in [-0.05, 0) is 71.2 Å². The smallest absolute Gasteiger partial charge is 0.0223 e. The SMILES string of the molecule is CCN1CCCC1CN(C)CCCC(C)CCN. The normalized spacial score (nSPS) is 22.8. The second-order valence-corrected chi connectivity index (χ2v) is 6.01. The average Bonchev–Trinajstić information content (AvgIpc) is 2.76. The van der Waals surface area contributed by atoms with E-state index < -0.39 is 0 Å². The van der Waals surface area contributed by atoms with Gasteiger partial charge in [0.25, 0.3) is 0 Å². The van der Waals surface area contributed by atoms with Crippen LogP contribution < -0.4 is 5.73 Å². The highest BCUT2D eigenvalue weighted by Crippen LogP contribution is 2.17. The molecular formula is C15H33N3. The third-order valence-electron chi connectivity index (χ3n) is 4.32. The first kappa shape index (κ1) is 15.9. The summed E-state index contributed by atoms with van der Waals surface area (Å²) >= 11 is 0. The molecule has 1 saturated heterocycles. The standard InChI is InChI=1S/C15H33N3/c1-4-18-12-6-8-15(18)13-17(3)11-5-7-14(2)9-10-16/h14-15H,4-13,16H2,1-3H3. The highest BCUT2D eigenvalue weighted by molar-refractivity contribution is 4.80. The van der Waals surface area contributed by atoms with Crippen LogP contribution in [0.25, 0.3) is 0 Å². The summed E-state index contributed by atoms with van der Waals surface area (Å²) in [7, 11) is 2.28. The van der Waals surface area contributed by atoms with Gasteiger partial charge in [0, 0.05) is 12.6 Å². The van der Waals surface area contributed by atoms with E-state index in [1.807, 2.05) is 0 Å². The summed E-state index contributed by atoms with van der Waals surface area (Å²) < 4.78 is 0. The van der Waals surface area contributed by atoms with Crippen LogP contribution in [0.2, 0.25) is 0 Å². The minimum atomic E-state index is 0.794. The van der Waals surface area contributed by atoms with Crippen molar-refractivity contribution >= 4 is 0 Å². The molecule has 108 valence electrons. The summed E-state index contributed by atoms with van der Waals surface area (Å²) in [6.07, 6.45) is 6.60. The van der Waals surface area contributed by atoms with E-state index in [1.165, 1.54) is 58.3 Å². The van der Waals surface area contributed by atoms with E-state index in [0.29, 0.717) is 0 Å². The van der Waals surface area contributed by atoms with Crippen molar-refractivity contribution in [2.24, 2.45) is 11.7 Å². The molecule has 1 heterocycles. The Kier molecular flexibility index (Phi) is 7.87. The Labute approximate surface area is 114 Å². The van der Waals surface area contributed by atoms with Crippen LogP contribution in [0.1, 0.15) is 46.0 Å². The Balaban J connectivity index is 2.11. The van der Waals surface area contributed by atoms with Gasteiger partial charge >= 0.3 is 0 Å². The average molecular weight is 255 g/mol. The van der Waals surface area contributed by atoms with E-state index in [4.69, 9.17) is 5.73 Å².